The third-order valence-electron chi connectivity index (χ3n) is 16.4. The molecule has 0 aromatic heterocycles. The number of rotatable bonds is 12. The Morgan fingerprint density at radius 2 is 0.561 bits per heavy atom. The van der Waals surface area contributed by atoms with Crippen LogP contribution in [0.2, 0.25) is 0 Å². The third-order valence-corrected chi connectivity index (χ3v) is 24.8. The monoisotopic (exact) mass is 792 g/mol. The van der Waals surface area contributed by atoms with Crippen LogP contribution in [-0.2, 0) is 10.3 Å². The zero-order valence-corrected chi connectivity index (χ0v) is 36.9. The Morgan fingerprint density at radius 3 is 0.825 bits per heavy atom. The molecule has 0 aliphatic heterocycles. The summed E-state index contributed by atoms with van der Waals surface area (Å²) in [6, 6.07) is 39.5. The van der Waals surface area contributed by atoms with E-state index in [2.05, 4.69) is 97.1 Å². The van der Waals surface area contributed by atoms with Crippen LogP contribution in [0, 0.1) is 0 Å². The van der Waals surface area contributed by atoms with Crippen LogP contribution in [0.5, 0.6) is 0 Å². The van der Waals surface area contributed by atoms with Gasteiger partial charge in [-0.2, -0.15) is 0 Å². The minimum atomic E-state index is -0.189. The second-order valence-electron chi connectivity index (χ2n) is 19.4. The summed E-state index contributed by atoms with van der Waals surface area (Å²) in [5.74, 6) is 0. The molecule has 4 fully saturated rings. The van der Waals surface area contributed by atoms with E-state index in [0.717, 1.165) is 22.6 Å². The highest BCUT2D eigenvalue weighted by molar-refractivity contribution is 7.61. The molecule has 4 saturated carbocycles. The van der Waals surface area contributed by atoms with Crippen LogP contribution in [0.25, 0.3) is 22.3 Å². The summed E-state index contributed by atoms with van der Waals surface area (Å²) < 4.78 is 0. The molecule has 0 amide bonds. The molecular formula is C55H70P2. The molecule has 0 saturated heterocycles. The van der Waals surface area contributed by atoms with Crippen LogP contribution in [0.4, 0.5) is 0 Å². The molecule has 0 spiro atoms. The minimum Gasteiger partial charge on any atom is -0.0846 e. The molecule has 4 aromatic carbocycles. The van der Waals surface area contributed by atoms with E-state index in [0.29, 0.717) is 0 Å². The molecular weight excluding hydrogens is 723 g/mol. The van der Waals surface area contributed by atoms with Gasteiger partial charge in [-0.25, -0.2) is 0 Å². The average molecular weight is 793 g/mol. The van der Waals surface area contributed by atoms with Crippen molar-refractivity contribution in [2.24, 2.45) is 0 Å². The molecule has 6 aliphatic carbocycles. The van der Waals surface area contributed by atoms with Gasteiger partial charge in [-0.1, -0.05) is 209 Å². The fourth-order valence-corrected chi connectivity index (χ4v) is 24.3. The van der Waals surface area contributed by atoms with Crippen molar-refractivity contribution >= 4 is 15.8 Å². The predicted octanol–water partition coefficient (Wildman–Crippen LogP) is 17.1. The number of benzene rings is 4. The fraction of sp³-hybridized carbons (Fsp3) is 0.564. The average Bonchev–Trinajstić information content (AvgIpc) is 3.73. The molecule has 10 rings (SSSR count). The van der Waals surface area contributed by atoms with Crippen molar-refractivity contribution in [1.82, 2.24) is 0 Å². The molecule has 0 bridgehead atoms. The Balaban J connectivity index is 1.02. The van der Waals surface area contributed by atoms with E-state index in [1.165, 1.54) is 161 Å². The van der Waals surface area contributed by atoms with Gasteiger partial charge in [0.1, 0.15) is 0 Å². The van der Waals surface area contributed by atoms with E-state index in [1.807, 2.05) is 0 Å². The van der Waals surface area contributed by atoms with Crippen molar-refractivity contribution < 1.29 is 0 Å². The summed E-state index contributed by atoms with van der Waals surface area (Å²) in [5, 5.41) is 0.432. The van der Waals surface area contributed by atoms with E-state index in [9.17, 15) is 0 Å². The number of fused-ring (bicyclic) bond motifs is 6. The summed E-state index contributed by atoms with van der Waals surface area (Å²) in [4.78, 5) is 0. The smallest absolute Gasteiger partial charge is 0.0418 e. The second kappa shape index (κ2) is 17.4. The number of unbranched alkanes of at least 4 members (excludes halogenated alkanes) is 2. The summed E-state index contributed by atoms with van der Waals surface area (Å²) in [6.07, 6.45) is 36.3. The minimum absolute atomic E-state index is 0.189. The maximum Gasteiger partial charge on any atom is 0.0418 e. The van der Waals surface area contributed by atoms with E-state index in [1.54, 1.807) is 44.5 Å². The molecule has 0 nitrogen and oxygen atoms in total. The highest BCUT2D eigenvalue weighted by Crippen LogP contribution is 2.76. The first kappa shape index (κ1) is 38.9. The normalized spacial score (nSPS) is 22.4. The Hall–Kier alpha value is -2.26. The summed E-state index contributed by atoms with van der Waals surface area (Å²) in [6.45, 7) is 0. The van der Waals surface area contributed by atoms with Gasteiger partial charge >= 0.3 is 0 Å². The molecule has 6 aliphatic rings. The first-order valence-corrected chi connectivity index (χ1v) is 27.2. The van der Waals surface area contributed by atoms with Crippen molar-refractivity contribution in [3.63, 3.8) is 0 Å². The topological polar surface area (TPSA) is 0 Å². The maximum absolute atomic E-state index is 2.62. The molecule has 300 valence electrons. The van der Waals surface area contributed by atoms with Crippen LogP contribution in [-0.4, -0.2) is 22.6 Å². The fourth-order valence-electron chi connectivity index (χ4n) is 14.2. The van der Waals surface area contributed by atoms with E-state index in [4.69, 9.17) is 0 Å². The predicted molar refractivity (Wildman–Crippen MR) is 250 cm³/mol. The van der Waals surface area contributed by atoms with Crippen LogP contribution in [0.3, 0.4) is 0 Å². The summed E-state index contributed by atoms with van der Waals surface area (Å²) in [5.41, 5.74) is 17.0. The second-order valence-corrected chi connectivity index (χ2v) is 25.5. The summed E-state index contributed by atoms with van der Waals surface area (Å²) in [7, 11) is -0.379. The zero-order chi connectivity index (χ0) is 38.1. The zero-order valence-electron chi connectivity index (χ0n) is 35.1. The highest BCUT2D eigenvalue weighted by atomic mass is 31.1. The number of hydrogen-bond acceptors (Lipinski definition) is 0. The van der Waals surface area contributed by atoms with Gasteiger partial charge < -0.3 is 0 Å². The first-order valence-electron chi connectivity index (χ1n) is 24.3. The van der Waals surface area contributed by atoms with E-state index >= 15 is 0 Å². The van der Waals surface area contributed by atoms with Gasteiger partial charge in [0.05, 0.1) is 0 Å². The molecule has 0 radical (unpaired) electrons. The lowest BCUT2D eigenvalue weighted by molar-refractivity contribution is 0.459. The maximum atomic E-state index is 2.62. The Bertz CT molecular complexity index is 1680. The Labute approximate surface area is 349 Å². The molecule has 0 unspecified atom stereocenters. The quantitative estimate of drug-likeness (QED) is 0.0990. The van der Waals surface area contributed by atoms with Crippen molar-refractivity contribution in [3.05, 3.63) is 119 Å². The lowest BCUT2D eigenvalue weighted by Crippen LogP contribution is -2.35. The SMILES string of the molecule is c1ccc2c(c1)-c1ccccc1C2(CCCCCC1(P(C2CCCCC2)C2CCCCC2)c2ccccc2-c2ccccc21)P(C1CCCCC1)C1CCCCC1. The van der Waals surface area contributed by atoms with Crippen LogP contribution in [0.15, 0.2) is 97.1 Å². The van der Waals surface area contributed by atoms with Gasteiger partial charge in [0.25, 0.3) is 0 Å². The Morgan fingerprint density at radius 1 is 0.316 bits per heavy atom. The number of hydrogen-bond donors (Lipinski definition) is 0. The molecule has 57 heavy (non-hydrogen) atoms. The van der Waals surface area contributed by atoms with Gasteiger partial charge in [-0.3, -0.25) is 0 Å². The van der Waals surface area contributed by atoms with Gasteiger partial charge in [-0.15, -0.1) is 0 Å². The van der Waals surface area contributed by atoms with Crippen molar-refractivity contribution in [1.29, 1.82) is 0 Å². The van der Waals surface area contributed by atoms with Crippen molar-refractivity contribution in [2.45, 2.75) is 193 Å². The lowest BCUT2D eigenvalue weighted by Gasteiger charge is -2.51. The molecule has 0 N–H and O–H groups in total. The van der Waals surface area contributed by atoms with Gasteiger partial charge in [0, 0.05) is 10.3 Å². The molecule has 0 atom stereocenters. The standard InChI is InChI=1S/C55H70P2/c1-6-24-42(25-7-1)56(43-26-8-2-9-27-43)54(50-36-18-14-32-46(50)47-33-15-19-37-51(47)54)40-22-5-23-41-55(52-38-20-16-34-48(52)49-35-17-21-39-53(49)55)57(44-28-10-3-11-29-44)45-30-12-4-13-31-45/h14-21,32-39,42-45H,1-13,22-31,40-41H2. The van der Waals surface area contributed by atoms with Crippen molar-refractivity contribution in [2.75, 3.05) is 0 Å². The molecule has 4 aromatic rings. The van der Waals surface area contributed by atoms with Crippen molar-refractivity contribution in [3.8, 4) is 22.3 Å². The van der Waals surface area contributed by atoms with Crippen LogP contribution >= 0.6 is 15.8 Å². The molecule has 2 heteroatoms. The third kappa shape index (κ3) is 6.96. The largest absolute Gasteiger partial charge is 0.0846 e. The van der Waals surface area contributed by atoms with Gasteiger partial charge in [0.2, 0.25) is 0 Å². The van der Waals surface area contributed by atoms with Crippen LogP contribution in [0.1, 0.15) is 183 Å². The van der Waals surface area contributed by atoms with Gasteiger partial charge in [-0.05, 0) is 131 Å². The van der Waals surface area contributed by atoms with E-state index in [-0.39, 0.29) is 26.2 Å². The lowest BCUT2D eigenvalue weighted by atomic mass is 9.87. The molecule has 0 heterocycles. The van der Waals surface area contributed by atoms with Gasteiger partial charge in [0.15, 0.2) is 0 Å². The first-order chi connectivity index (χ1) is 28.3. The van der Waals surface area contributed by atoms with Crippen LogP contribution < -0.4 is 0 Å². The van der Waals surface area contributed by atoms with E-state index < -0.39 is 0 Å². The highest BCUT2D eigenvalue weighted by Gasteiger charge is 2.54. The Kier molecular flexibility index (Phi) is 11.9. The summed E-state index contributed by atoms with van der Waals surface area (Å²) >= 11 is 0.